The molecule has 1 aliphatic heterocycles. The standard InChI is InChI=1S/C17H21Cl2NO5S/c1-10(2)24-15-9-12(18)14(8-13(15)19)20-17(25-21)11-6-4-3-5-7-16(11)26(20,22)23/h8-10,17,21H,3-7H2,1-2H3. The van der Waals surface area contributed by atoms with Crippen LogP contribution in [-0.4, -0.2) is 26.0 Å². The second-order valence-corrected chi connectivity index (χ2v) is 9.32. The summed E-state index contributed by atoms with van der Waals surface area (Å²) in [7, 11) is -3.86. The van der Waals surface area contributed by atoms with Gasteiger partial charge in [0.25, 0.3) is 10.0 Å². The van der Waals surface area contributed by atoms with Crippen molar-refractivity contribution >= 4 is 38.9 Å². The van der Waals surface area contributed by atoms with Gasteiger partial charge >= 0.3 is 0 Å². The summed E-state index contributed by atoms with van der Waals surface area (Å²) in [5.74, 6) is 0.364. The van der Waals surface area contributed by atoms with Gasteiger partial charge in [0.05, 0.1) is 26.7 Å². The molecule has 0 saturated carbocycles. The highest BCUT2D eigenvalue weighted by atomic mass is 35.5. The minimum atomic E-state index is -3.86. The molecule has 1 aliphatic carbocycles. The van der Waals surface area contributed by atoms with Crippen LogP contribution in [0.3, 0.4) is 0 Å². The van der Waals surface area contributed by atoms with E-state index in [2.05, 4.69) is 4.89 Å². The summed E-state index contributed by atoms with van der Waals surface area (Å²) in [5, 5.41) is 9.83. The van der Waals surface area contributed by atoms with Crippen LogP contribution in [0, 0.1) is 0 Å². The third kappa shape index (κ3) is 3.43. The summed E-state index contributed by atoms with van der Waals surface area (Å²) in [5.41, 5.74) is 0.736. The second-order valence-electron chi connectivity index (χ2n) is 6.67. The monoisotopic (exact) mass is 421 g/mol. The van der Waals surface area contributed by atoms with Gasteiger partial charge in [-0.3, -0.25) is 0 Å². The van der Waals surface area contributed by atoms with Crippen LogP contribution in [0.1, 0.15) is 46.0 Å². The van der Waals surface area contributed by atoms with Gasteiger partial charge in [0.1, 0.15) is 5.75 Å². The van der Waals surface area contributed by atoms with Crippen molar-refractivity contribution in [3.8, 4) is 5.75 Å². The highest BCUT2D eigenvalue weighted by Crippen LogP contribution is 2.46. The Kier molecular flexibility index (Phi) is 5.75. The molecule has 1 aromatic rings. The zero-order valence-electron chi connectivity index (χ0n) is 14.5. The molecule has 1 N–H and O–H groups in total. The summed E-state index contributed by atoms with van der Waals surface area (Å²) in [6.45, 7) is 3.69. The molecule has 1 atom stereocenters. The lowest BCUT2D eigenvalue weighted by molar-refractivity contribution is -0.265. The Balaban J connectivity index is 2.08. The molecule has 3 rings (SSSR count). The first-order valence-electron chi connectivity index (χ1n) is 8.49. The molecule has 1 heterocycles. The Morgan fingerprint density at radius 3 is 2.50 bits per heavy atom. The molecule has 1 unspecified atom stereocenters. The van der Waals surface area contributed by atoms with Crippen molar-refractivity contribution in [1.29, 1.82) is 0 Å². The Morgan fingerprint density at radius 2 is 1.85 bits per heavy atom. The maximum Gasteiger partial charge on any atom is 0.263 e. The number of benzene rings is 1. The third-order valence-electron chi connectivity index (χ3n) is 4.49. The van der Waals surface area contributed by atoms with Crippen molar-refractivity contribution in [1.82, 2.24) is 0 Å². The Labute approximate surface area is 163 Å². The van der Waals surface area contributed by atoms with Crippen LogP contribution in [0.4, 0.5) is 5.69 Å². The first-order chi connectivity index (χ1) is 12.3. The minimum Gasteiger partial charge on any atom is -0.489 e. The van der Waals surface area contributed by atoms with Crippen molar-refractivity contribution in [3.63, 3.8) is 0 Å². The summed E-state index contributed by atoms with van der Waals surface area (Å²) in [4.78, 5) is 4.89. The van der Waals surface area contributed by atoms with Crippen LogP contribution >= 0.6 is 23.2 Å². The summed E-state index contributed by atoms with van der Waals surface area (Å²) >= 11 is 12.6. The molecule has 6 nitrogen and oxygen atoms in total. The zero-order chi connectivity index (χ0) is 19.1. The van der Waals surface area contributed by atoms with E-state index in [4.69, 9.17) is 27.9 Å². The zero-order valence-corrected chi connectivity index (χ0v) is 16.9. The normalized spacial score (nSPS) is 22.5. The summed E-state index contributed by atoms with van der Waals surface area (Å²) < 4.78 is 32.8. The molecule has 0 aromatic heterocycles. The SMILES string of the molecule is CC(C)Oc1cc(Cl)c(N2C(OO)C3=C(CCCCC3)S2(=O)=O)cc1Cl. The average molecular weight is 422 g/mol. The van der Waals surface area contributed by atoms with Crippen LogP contribution in [0.25, 0.3) is 0 Å². The lowest BCUT2D eigenvalue weighted by Gasteiger charge is -2.26. The maximum absolute atomic E-state index is 13.1. The van der Waals surface area contributed by atoms with E-state index in [0.717, 1.165) is 23.6 Å². The minimum absolute atomic E-state index is 0.115. The van der Waals surface area contributed by atoms with Crippen LogP contribution in [0.2, 0.25) is 10.0 Å². The van der Waals surface area contributed by atoms with Gasteiger partial charge in [0, 0.05) is 6.07 Å². The maximum atomic E-state index is 13.1. The van der Waals surface area contributed by atoms with E-state index in [1.54, 1.807) is 0 Å². The molecule has 0 radical (unpaired) electrons. The number of halogens is 2. The molecule has 9 heteroatoms. The van der Waals surface area contributed by atoms with E-state index in [-0.39, 0.29) is 21.8 Å². The Hall–Kier alpha value is -0.990. The van der Waals surface area contributed by atoms with E-state index in [1.807, 2.05) is 13.8 Å². The van der Waals surface area contributed by atoms with Gasteiger partial charge in [0.2, 0.25) is 6.23 Å². The van der Waals surface area contributed by atoms with Crippen LogP contribution in [-0.2, 0) is 14.9 Å². The fourth-order valence-corrected chi connectivity index (χ4v) is 5.91. The van der Waals surface area contributed by atoms with Gasteiger partial charge in [-0.15, -0.1) is 0 Å². The van der Waals surface area contributed by atoms with Gasteiger partial charge in [-0.2, -0.15) is 0 Å². The van der Waals surface area contributed by atoms with Crippen molar-refractivity contribution in [2.45, 2.75) is 58.3 Å². The predicted octanol–water partition coefficient (Wildman–Crippen LogP) is 4.96. The Bertz CT molecular complexity index is 838. The number of ether oxygens (including phenoxy) is 1. The molecule has 1 aromatic carbocycles. The molecule has 0 bridgehead atoms. The number of allylic oxidation sites excluding steroid dienone is 1. The smallest absolute Gasteiger partial charge is 0.263 e. The summed E-state index contributed by atoms with van der Waals surface area (Å²) in [6, 6.07) is 2.91. The third-order valence-corrected chi connectivity index (χ3v) is 7.08. The lowest BCUT2D eigenvalue weighted by atomic mass is 10.1. The molecule has 2 aliphatic rings. The van der Waals surface area contributed by atoms with Crippen LogP contribution in [0.15, 0.2) is 22.6 Å². The molecular formula is C17H21Cl2NO5S. The molecule has 0 amide bonds. The number of rotatable bonds is 4. The number of hydrogen-bond donors (Lipinski definition) is 1. The number of anilines is 1. The lowest BCUT2D eigenvalue weighted by Crippen LogP contribution is -2.37. The van der Waals surface area contributed by atoms with Crippen LogP contribution in [0.5, 0.6) is 5.75 Å². The predicted molar refractivity (Wildman–Crippen MR) is 101 cm³/mol. The highest BCUT2D eigenvalue weighted by Gasteiger charge is 2.46. The highest BCUT2D eigenvalue weighted by molar-refractivity contribution is 7.97. The van der Waals surface area contributed by atoms with Crippen molar-refractivity contribution in [3.05, 3.63) is 32.7 Å². The molecule has 0 fully saturated rings. The van der Waals surface area contributed by atoms with Gasteiger partial charge in [-0.05, 0) is 51.2 Å². The van der Waals surface area contributed by atoms with E-state index in [0.29, 0.717) is 29.1 Å². The number of sulfonamides is 1. The van der Waals surface area contributed by atoms with Gasteiger partial charge < -0.3 is 4.74 Å². The quantitative estimate of drug-likeness (QED) is 0.548. The van der Waals surface area contributed by atoms with Crippen molar-refractivity contribution < 1.29 is 23.3 Å². The average Bonchev–Trinajstić information content (AvgIpc) is 2.73. The van der Waals surface area contributed by atoms with Crippen molar-refractivity contribution in [2.24, 2.45) is 0 Å². The van der Waals surface area contributed by atoms with Gasteiger partial charge in [-0.1, -0.05) is 29.6 Å². The van der Waals surface area contributed by atoms with Gasteiger partial charge in [0.15, 0.2) is 0 Å². The van der Waals surface area contributed by atoms with Crippen LogP contribution < -0.4 is 9.04 Å². The molecular weight excluding hydrogens is 401 g/mol. The van der Waals surface area contributed by atoms with E-state index in [1.165, 1.54) is 12.1 Å². The summed E-state index contributed by atoms with van der Waals surface area (Å²) in [6.07, 6.45) is 2.30. The first kappa shape index (κ1) is 19.8. The van der Waals surface area contributed by atoms with Crippen molar-refractivity contribution in [2.75, 3.05) is 4.31 Å². The topological polar surface area (TPSA) is 76.1 Å². The van der Waals surface area contributed by atoms with Gasteiger partial charge in [-0.25, -0.2) is 22.9 Å². The van der Waals surface area contributed by atoms with E-state index >= 15 is 0 Å². The Morgan fingerprint density at radius 1 is 1.15 bits per heavy atom. The fourth-order valence-electron chi connectivity index (χ4n) is 3.41. The van der Waals surface area contributed by atoms with E-state index < -0.39 is 16.3 Å². The number of hydrogen-bond acceptors (Lipinski definition) is 5. The van der Waals surface area contributed by atoms with E-state index in [9.17, 15) is 13.7 Å². The largest absolute Gasteiger partial charge is 0.489 e. The number of nitrogens with zero attached hydrogens (tertiary/aromatic N) is 1. The second kappa shape index (κ2) is 7.56. The molecule has 26 heavy (non-hydrogen) atoms. The molecule has 0 spiro atoms. The first-order valence-corrected chi connectivity index (χ1v) is 10.7. The fraction of sp³-hybridized carbons (Fsp3) is 0.529. The molecule has 0 saturated heterocycles. The molecule has 144 valence electrons.